The van der Waals surface area contributed by atoms with E-state index in [-0.39, 0.29) is 29.3 Å². The molecule has 0 bridgehead atoms. The van der Waals surface area contributed by atoms with E-state index in [0.29, 0.717) is 0 Å². The molecule has 0 saturated carbocycles. The third-order valence-electron chi connectivity index (χ3n) is 5.01. The number of nitrogens with one attached hydrogen (secondary N) is 1. The van der Waals surface area contributed by atoms with Crippen LogP contribution >= 0.6 is 0 Å². The van der Waals surface area contributed by atoms with Gasteiger partial charge in [0.1, 0.15) is 5.82 Å². The van der Waals surface area contributed by atoms with Crippen LogP contribution in [0.25, 0.3) is 5.69 Å². The van der Waals surface area contributed by atoms with Crippen LogP contribution in [-0.4, -0.2) is 28.0 Å². The Bertz CT molecular complexity index is 734. The Kier molecular flexibility index (Phi) is 4.73. The van der Waals surface area contributed by atoms with Crippen molar-refractivity contribution in [1.82, 2.24) is 15.1 Å². The van der Waals surface area contributed by atoms with Gasteiger partial charge in [-0.25, -0.2) is 9.07 Å². The van der Waals surface area contributed by atoms with Crippen LogP contribution < -0.4 is 5.32 Å². The van der Waals surface area contributed by atoms with Crippen LogP contribution in [0.2, 0.25) is 0 Å². The van der Waals surface area contributed by atoms with E-state index in [9.17, 15) is 9.50 Å². The highest BCUT2D eigenvalue weighted by Crippen LogP contribution is 2.41. The zero-order valence-corrected chi connectivity index (χ0v) is 15.5. The average Bonchev–Trinajstić information content (AvgIpc) is 2.96. The third kappa shape index (κ3) is 3.93. The Morgan fingerprint density at radius 1 is 1.32 bits per heavy atom. The molecule has 4 nitrogen and oxygen atoms in total. The van der Waals surface area contributed by atoms with Crippen LogP contribution in [0.5, 0.6) is 0 Å². The van der Waals surface area contributed by atoms with Gasteiger partial charge in [0.2, 0.25) is 0 Å². The van der Waals surface area contributed by atoms with Crippen LogP contribution in [0.15, 0.2) is 30.5 Å². The lowest BCUT2D eigenvalue weighted by Gasteiger charge is -2.37. The van der Waals surface area contributed by atoms with Crippen molar-refractivity contribution in [1.29, 1.82) is 0 Å². The van der Waals surface area contributed by atoms with Crippen LogP contribution in [0.4, 0.5) is 4.39 Å². The lowest BCUT2D eigenvalue weighted by molar-refractivity contribution is 0.146. The van der Waals surface area contributed by atoms with E-state index in [1.54, 1.807) is 12.1 Å². The van der Waals surface area contributed by atoms with Gasteiger partial charge in [0.05, 0.1) is 11.9 Å². The number of nitrogens with zero attached hydrogens (tertiary/aromatic N) is 2. The molecule has 5 heteroatoms. The van der Waals surface area contributed by atoms with E-state index in [4.69, 9.17) is 0 Å². The van der Waals surface area contributed by atoms with Crippen LogP contribution in [0.1, 0.15) is 51.4 Å². The molecule has 136 valence electrons. The third-order valence-corrected chi connectivity index (χ3v) is 5.01. The first-order chi connectivity index (χ1) is 11.7. The maximum Gasteiger partial charge on any atom is 0.123 e. The van der Waals surface area contributed by atoms with Gasteiger partial charge in [-0.2, -0.15) is 5.10 Å². The highest BCUT2D eigenvalue weighted by atomic mass is 19.1. The molecule has 2 N–H and O–H groups in total. The van der Waals surface area contributed by atoms with Gasteiger partial charge in [-0.1, -0.05) is 27.7 Å². The Balaban J connectivity index is 1.92. The van der Waals surface area contributed by atoms with Gasteiger partial charge < -0.3 is 10.4 Å². The van der Waals surface area contributed by atoms with Crippen molar-refractivity contribution in [3.63, 3.8) is 0 Å². The second-order valence-electron chi connectivity index (χ2n) is 8.74. The monoisotopic (exact) mass is 345 g/mol. The summed E-state index contributed by atoms with van der Waals surface area (Å²) < 4.78 is 15.2. The van der Waals surface area contributed by atoms with Gasteiger partial charge in [-0.05, 0) is 42.5 Å². The number of benzene rings is 1. The molecule has 0 spiro atoms. The molecule has 25 heavy (non-hydrogen) atoms. The van der Waals surface area contributed by atoms with Crippen LogP contribution in [0.3, 0.4) is 0 Å². The fraction of sp³-hybridized carbons (Fsp3) is 0.550. The number of hydrogen-bond acceptors (Lipinski definition) is 3. The molecule has 1 aliphatic rings. The lowest BCUT2D eigenvalue weighted by Crippen LogP contribution is -2.39. The first-order valence-electron chi connectivity index (χ1n) is 8.88. The Labute approximate surface area is 149 Å². The summed E-state index contributed by atoms with van der Waals surface area (Å²) in [4.78, 5) is 0. The van der Waals surface area contributed by atoms with Gasteiger partial charge in [-0.15, -0.1) is 0 Å². The van der Waals surface area contributed by atoms with Crippen molar-refractivity contribution in [2.75, 3.05) is 13.2 Å². The fourth-order valence-electron chi connectivity index (χ4n) is 3.48. The quantitative estimate of drug-likeness (QED) is 0.870. The molecule has 3 rings (SSSR count). The number of aromatic nitrogens is 2. The number of rotatable bonds is 5. The van der Waals surface area contributed by atoms with E-state index in [0.717, 1.165) is 25.1 Å². The van der Waals surface area contributed by atoms with Gasteiger partial charge in [0, 0.05) is 35.9 Å². The molecule has 0 unspecified atom stereocenters. The molecular formula is C20H28FN3O. The Morgan fingerprint density at radius 2 is 2.00 bits per heavy atom. The molecule has 0 radical (unpaired) electrons. The minimum atomic E-state index is -0.240. The molecule has 2 aromatic rings. The summed E-state index contributed by atoms with van der Waals surface area (Å²) in [5.41, 5.74) is 3.26. The van der Waals surface area contributed by atoms with Crippen molar-refractivity contribution >= 4 is 0 Å². The van der Waals surface area contributed by atoms with Crippen molar-refractivity contribution in [3.05, 3.63) is 47.5 Å². The molecule has 1 aromatic carbocycles. The standard InChI is InChI=1S/C20H28FN3O/c1-19(2)9-17(22-12-20(3,4)13-25)16-11-23-24(18(16)10-19)15-7-5-14(21)6-8-15/h5-8,11,17,22,25H,9-10,12-13H2,1-4H3/t17-/m1/s1. The summed E-state index contributed by atoms with van der Waals surface area (Å²) >= 11 is 0. The number of aliphatic hydroxyl groups is 1. The maximum absolute atomic E-state index is 13.2. The SMILES string of the molecule is CC(C)(CO)CN[C@@H]1CC(C)(C)Cc2c1cnn2-c1ccc(F)cc1. The smallest absolute Gasteiger partial charge is 0.123 e. The van der Waals surface area contributed by atoms with E-state index < -0.39 is 0 Å². The topological polar surface area (TPSA) is 50.1 Å². The molecule has 1 heterocycles. The van der Waals surface area contributed by atoms with Crippen LogP contribution in [-0.2, 0) is 6.42 Å². The minimum absolute atomic E-state index is 0.145. The summed E-state index contributed by atoms with van der Waals surface area (Å²) in [7, 11) is 0. The van der Waals surface area contributed by atoms with Crippen molar-refractivity contribution in [3.8, 4) is 5.69 Å². The molecule has 1 aliphatic carbocycles. The highest BCUT2D eigenvalue weighted by molar-refractivity contribution is 5.38. The van der Waals surface area contributed by atoms with Gasteiger partial charge >= 0.3 is 0 Å². The Hall–Kier alpha value is -1.72. The van der Waals surface area contributed by atoms with Crippen molar-refractivity contribution in [2.24, 2.45) is 10.8 Å². The summed E-state index contributed by atoms with van der Waals surface area (Å²) in [6, 6.07) is 6.68. The van der Waals surface area contributed by atoms with Gasteiger partial charge in [0.15, 0.2) is 0 Å². The number of aliphatic hydroxyl groups excluding tert-OH is 1. The van der Waals surface area contributed by atoms with E-state index in [1.807, 2.05) is 10.9 Å². The highest BCUT2D eigenvalue weighted by Gasteiger charge is 2.35. The minimum Gasteiger partial charge on any atom is -0.396 e. The maximum atomic E-state index is 13.2. The first kappa shape index (κ1) is 18.1. The van der Waals surface area contributed by atoms with Crippen LogP contribution in [0, 0.1) is 16.6 Å². The Morgan fingerprint density at radius 3 is 2.64 bits per heavy atom. The van der Waals surface area contributed by atoms with Gasteiger partial charge in [0.25, 0.3) is 0 Å². The van der Waals surface area contributed by atoms with E-state index in [2.05, 4.69) is 38.1 Å². The zero-order chi connectivity index (χ0) is 18.2. The predicted octanol–water partition coefficient (Wildman–Crippen LogP) is 3.63. The predicted molar refractivity (Wildman–Crippen MR) is 97.2 cm³/mol. The average molecular weight is 345 g/mol. The molecule has 1 aromatic heterocycles. The van der Waals surface area contributed by atoms with Crippen molar-refractivity contribution in [2.45, 2.75) is 46.6 Å². The van der Waals surface area contributed by atoms with E-state index in [1.165, 1.54) is 23.4 Å². The lowest BCUT2D eigenvalue weighted by atomic mass is 9.74. The molecular weight excluding hydrogens is 317 g/mol. The second-order valence-corrected chi connectivity index (χ2v) is 8.74. The second kappa shape index (κ2) is 6.54. The molecule has 1 atom stereocenters. The zero-order valence-electron chi connectivity index (χ0n) is 15.5. The molecule has 0 aliphatic heterocycles. The fourth-order valence-corrected chi connectivity index (χ4v) is 3.48. The summed E-state index contributed by atoms with van der Waals surface area (Å²) in [6.45, 7) is 9.53. The largest absolute Gasteiger partial charge is 0.396 e. The molecule has 0 amide bonds. The number of fused-ring (bicyclic) bond motifs is 1. The normalized spacial score (nSPS) is 19.7. The number of hydrogen-bond donors (Lipinski definition) is 2. The van der Waals surface area contributed by atoms with Crippen molar-refractivity contribution < 1.29 is 9.50 Å². The molecule has 0 saturated heterocycles. The first-order valence-corrected chi connectivity index (χ1v) is 8.88. The van der Waals surface area contributed by atoms with Gasteiger partial charge in [-0.3, -0.25) is 0 Å². The summed E-state index contributed by atoms with van der Waals surface area (Å²) in [5, 5.41) is 17.7. The number of halogens is 1. The summed E-state index contributed by atoms with van der Waals surface area (Å²) in [5.74, 6) is -0.240. The summed E-state index contributed by atoms with van der Waals surface area (Å²) in [6.07, 6.45) is 3.88. The van der Waals surface area contributed by atoms with E-state index >= 15 is 0 Å². The molecule has 0 fully saturated rings.